The Morgan fingerprint density at radius 1 is 1.06 bits per heavy atom. The zero-order valence-corrected chi connectivity index (χ0v) is 18.2. The van der Waals surface area contributed by atoms with Crippen LogP contribution in [0.5, 0.6) is 11.9 Å². The average molecular weight is 438 g/mol. The van der Waals surface area contributed by atoms with Crippen LogP contribution in [0.4, 0.5) is 0 Å². The van der Waals surface area contributed by atoms with Crippen molar-refractivity contribution in [2.45, 2.75) is 25.6 Å². The van der Waals surface area contributed by atoms with Crippen molar-refractivity contribution >= 4 is 5.97 Å². The SMILES string of the molecule is COc1cc(C)nc(O[C@H](C(=O)O)C(OCCO)(c2ccccc2)c2ccccc2C)n1. The van der Waals surface area contributed by atoms with E-state index in [4.69, 9.17) is 14.2 Å². The maximum atomic E-state index is 12.7. The number of ether oxygens (including phenoxy) is 3. The second kappa shape index (κ2) is 10.2. The lowest BCUT2D eigenvalue weighted by molar-refractivity contribution is -0.165. The molecular formula is C24H26N2O6. The van der Waals surface area contributed by atoms with E-state index in [0.29, 0.717) is 16.8 Å². The summed E-state index contributed by atoms with van der Waals surface area (Å²) in [6.45, 7) is 3.16. The van der Waals surface area contributed by atoms with E-state index < -0.39 is 17.7 Å². The van der Waals surface area contributed by atoms with Crippen LogP contribution in [0.1, 0.15) is 22.4 Å². The number of aliphatic hydroxyl groups excluding tert-OH is 1. The molecule has 3 rings (SSSR count). The average Bonchev–Trinajstić information content (AvgIpc) is 2.79. The van der Waals surface area contributed by atoms with Crippen LogP contribution < -0.4 is 9.47 Å². The third-order valence-corrected chi connectivity index (χ3v) is 5.00. The standard InChI is InChI=1S/C24H26N2O6/c1-16-9-7-8-12-19(16)24(31-14-13-27,18-10-5-4-6-11-18)21(22(28)29)32-23-25-17(2)15-20(26-23)30-3/h4-12,15,21,27H,13-14H2,1-3H3,(H,28,29)/t21-,24?/m1/s1. The third kappa shape index (κ3) is 4.71. The molecule has 1 heterocycles. The molecule has 8 heteroatoms. The molecule has 3 aromatic rings. The molecule has 0 spiro atoms. The highest BCUT2D eigenvalue weighted by molar-refractivity contribution is 5.76. The lowest BCUT2D eigenvalue weighted by Gasteiger charge is -2.39. The topological polar surface area (TPSA) is 111 Å². The van der Waals surface area contributed by atoms with Crippen LogP contribution in [0.2, 0.25) is 0 Å². The Kier molecular flexibility index (Phi) is 7.40. The maximum Gasteiger partial charge on any atom is 0.348 e. The molecule has 0 aliphatic heterocycles. The molecule has 168 valence electrons. The smallest absolute Gasteiger partial charge is 0.348 e. The number of aryl methyl sites for hydroxylation is 2. The first kappa shape index (κ1) is 23.2. The Morgan fingerprint density at radius 2 is 1.75 bits per heavy atom. The number of aliphatic hydroxyl groups is 1. The molecule has 1 unspecified atom stereocenters. The molecule has 0 radical (unpaired) electrons. The first-order chi connectivity index (χ1) is 15.4. The van der Waals surface area contributed by atoms with Gasteiger partial charge in [0, 0.05) is 11.8 Å². The lowest BCUT2D eigenvalue weighted by Crippen LogP contribution is -2.52. The van der Waals surface area contributed by atoms with Gasteiger partial charge in [0.05, 0.1) is 20.3 Å². The predicted molar refractivity (Wildman–Crippen MR) is 117 cm³/mol. The molecule has 0 saturated heterocycles. The molecule has 32 heavy (non-hydrogen) atoms. The van der Waals surface area contributed by atoms with E-state index in [1.54, 1.807) is 49.4 Å². The minimum atomic E-state index is -1.60. The summed E-state index contributed by atoms with van der Waals surface area (Å²) in [5, 5.41) is 19.9. The molecule has 2 N–H and O–H groups in total. The second-order valence-corrected chi connectivity index (χ2v) is 7.16. The lowest BCUT2D eigenvalue weighted by atomic mass is 9.79. The zero-order valence-electron chi connectivity index (χ0n) is 18.2. The molecule has 0 fully saturated rings. The molecule has 8 nitrogen and oxygen atoms in total. The number of benzene rings is 2. The molecule has 0 saturated carbocycles. The van der Waals surface area contributed by atoms with Crippen molar-refractivity contribution in [1.82, 2.24) is 9.97 Å². The number of carbonyl (C=O) groups is 1. The summed E-state index contributed by atoms with van der Waals surface area (Å²) < 4.78 is 17.3. The Labute approximate surface area is 186 Å². The fraction of sp³-hybridized carbons (Fsp3) is 0.292. The van der Waals surface area contributed by atoms with Crippen LogP contribution in [-0.2, 0) is 15.1 Å². The monoisotopic (exact) mass is 438 g/mol. The summed E-state index contributed by atoms with van der Waals surface area (Å²) in [6.07, 6.45) is -1.58. The zero-order chi connectivity index (χ0) is 23.1. The highest BCUT2D eigenvalue weighted by Crippen LogP contribution is 2.40. The van der Waals surface area contributed by atoms with Gasteiger partial charge in [-0.05, 0) is 30.5 Å². The van der Waals surface area contributed by atoms with Crippen LogP contribution >= 0.6 is 0 Å². The van der Waals surface area contributed by atoms with Crippen LogP contribution in [0.15, 0.2) is 60.7 Å². The number of methoxy groups -OCH3 is 1. The van der Waals surface area contributed by atoms with Gasteiger partial charge in [0.25, 0.3) is 0 Å². The van der Waals surface area contributed by atoms with Gasteiger partial charge in [-0.25, -0.2) is 9.78 Å². The van der Waals surface area contributed by atoms with Gasteiger partial charge in [-0.3, -0.25) is 0 Å². The minimum Gasteiger partial charge on any atom is -0.481 e. The van der Waals surface area contributed by atoms with E-state index in [9.17, 15) is 15.0 Å². The highest BCUT2D eigenvalue weighted by atomic mass is 16.6. The molecule has 0 amide bonds. The molecule has 0 aliphatic carbocycles. The first-order valence-corrected chi connectivity index (χ1v) is 10.1. The number of rotatable bonds is 10. The number of aromatic nitrogens is 2. The maximum absolute atomic E-state index is 12.7. The van der Waals surface area contributed by atoms with Crippen molar-refractivity contribution in [1.29, 1.82) is 0 Å². The van der Waals surface area contributed by atoms with Gasteiger partial charge in [-0.1, -0.05) is 54.6 Å². The summed E-state index contributed by atoms with van der Waals surface area (Å²) >= 11 is 0. The Hall–Kier alpha value is -3.49. The minimum absolute atomic E-state index is 0.117. The quantitative estimate of drug-likeness (QED) is 0.497. The number of hydrogen-bond donors (Lipinski definition) is 2. The van der Waals surface area contributed by atoms with Gasteiger partial charge in [0.2, 0.25) is 12.0 Å². The van der Waals surface area contributed by atoms with Gasteiger partial charge >= 0.3 is 12.0 Å². The molecule has 2 atom stereocenters. The largest absolute Gasteiger partial charge is 0.481 e. The highest BCUT2D eigenvalue weighted by Gasteiger charge is 2.50. The normalized spacial score (nSPS) is 13.8. The van der Waals surface area contributed by atoms with Gasteiger partial charge in [-0.2, -0.15) is 4.98 Å². The van der Waals surface area contributed by atoms with Crippen molar-refractivity contribution in [3.8, 4) is 11.9 Å². The molecule has 0 aliphatic rings. The Morgan fingerprint density at radius 3 is 2.38 bits per heavy atom. The Balaban J connectivity index is 2.26. The molecule has 1 aromatic heterocycles. The van der Waals surface area contributed by atoms with E-state index >= 15 is 0 Å². The van der Waals surface area contributed by atoms with Crippen molar-refractivity contribution in [2.24, 2.45) is 0 Å². The number of carboxylic acid groups (broad SMARTS) is 1. The van der Waals surface area contributed by atoms with Crippen molar-refractivity contribution < 1.29 is 29.2 Å². The van der Waals surface area contributed by atoms with Crippen molar-refractivity contribution in [2.75, 3.05) is 20.3 Å². The summed E-state index contributed by atoms with van der Waals surface area (Å²) in [5.74, 6) is -1.03. The van der Waals surface area contributed by atoms with Crippen LogP contribution in [0.3, 0.4) is 0 Å². The Bertz CT molecular complexity index is 1060. The number of hydrogen-bond acceptors (Lipinski definition) is 7. The summed E-state index contributed by atoms with van der Waals surface area (Å²) in [7, 11) is 1.45. The predicted octanol–water partition coefficient (Wildman–Crippen LogP) is 2.89. The summed E-state index contributed by atoms with van der Waals surface area (Å²) in [6, 6.07) is 17.7. The fourth-order valence-electron chi connectivity index (χ4n) is 3.65. The summed E-state index contributed by atoms with van der Waals surface area (Å²) in [4.78, 5) is 21.0. The first-order valence-electron chi connectivity index (χ1n) is 10.1. The van der Waals surface area contributed by atoms with Crippen LogP contribution in [0.25, 0.3) is 0 Å². The van der Waals surface area contributed by atoms with E-state index in [-0.39, 0.29) is 25.1 Å². The van der Waals surface area contributed by atoms with E-state index in [1.165, 1.54) is 7.11 Å². The van der Waals surface area contributed by atoms with Crippen LogP contribution in [-0.4, -0.2) is 52.6 Å². The number of nitrogens with zero attached hydrogens (tertiary/aromatic N) is 2. The van der Waals surface area contributed by atoms with Gasteiger partial charge < -0.3 is 24.4 Å². The third-order valence-electron chi connectivity index (χ3n) is 5.00. The summed E-state index contributed by atoms with van der Waals surface area (Å²) in [5.41, 5.74) is 0.892. The van der Waals surface area contributed by atoms with Gasteiger partial charge in [-0.15, -0.1) is 0 Å². The van der Waals surface area contributed by atoms with Gasteiger partial charge in [0.1, 0.15) is 0 Å². The molecular weight excluding hydrogens is 412 g/mol. The number of aliphatic carboxylic acids is 1. The number of carboxylic acids is 1. The fourth-order valence-corrected chi connectivity index (χ4v) is 3.65. The van der Waals surface area contributed by atoms with E-state index in [2.05, 4.69) is 9.97 Å². The van der Waals surface area contributed by atoms with Crippen molar-refractivity contribution in [3.05, 3.63) is 83.0 Å². The van der Waals surface area contributed by atoms with Crippen LogP contribution in [0, 0.1) is 13.8 Å². The molecule has 2 aromatic carbocycles. The van der Waals surface area contributed by atoms with Crippen molar-refractivity contribution in [3.63, 3.8) is 0 Å². The van der Waals surface area contributed by atoms with E-state index in [1.807, 2.05) is 25.1 Å². The van der Waals surface area contributed by atoms with E-state index in [0.717, 1.165) is 5.56 Å². The molecule has 0 bridgehead atoms. The second-order valence-electron chi connectivity index (χ2n) is 7.16. The van der Waals surface area contributed by atoms with Gasteiger partial charge in [0.15, 0.2) is 5.60 Å².